The highest BCUT2D eigenvalue weighted by Gasteiger charge is 2.46. The second-order valence-corrected chi connectivity index (χ2v) is 7.11. The van der Waals surface area contributed by atoms with E-state index < -0.39 is 5.54 Å². The monoisotopic (exact) mass is 348 g/mol. The van der Waals surface area contributed by atoms with E-state index in [0.29, 0.717) is 31.3 Å². The lowest BCUT2D eigenvalue weighted by Crippen LogP contribution is -2.53. The molecule has 3 rings (SSSR count). The Kier molecular flexibility index (Phi) is 5.13. The van der Waals surface area contributed by atoms with E-state index in [-0.39, 0.29) is 18.2 Å². The molecule has 2 heterocycles. The van der Waals surface area contributed by atoms with Crippen LogP contribution in [0.2, 0.25) is 0 Å². The van der Waals surface area contributed by atoms with Gasteiger partial charge < -0.3 is 15.0 Å². The second kappa shape index (κ2) is 7.15. The maximum Gasteiger partial charge on any atom is 0.272 e. The molecule has 1 saturated carbocycles. The molecule has 1 aliphatic heterocycles. The predicted octanol–water partition coefficient (Wildman–Crippen LogP) is 1.54. The second-order valence-electron chi connectivity index (χ2n) is 7.11. The van der Waals surface area contributed by atoms with Crippen LogP contribution in [0.5, 0.6) is 0 Å². The molecule has 1 atom stereocenters. The summed E-state index contributed by atoms with van der Waals surface area (Å²) in [5, 5.41) is 7.29. The van der Waals surface area contributed by atoms with Crippen molar-refractivity contribution in [1.29, 1.82) is 0 Å². The van der Waals surface area contributed by atoms with Crippen LogP contribution in [0.4, 0.5) is 0 Å². The Bertz CT molecular complexity index is 653. The highest BCUT2D eigenvalue weighted by Crippen LogP contribution is 2.40. The smallest absolute Gasteiger partial charge is 0.272 e. The van der Waals surface area contributed by atoms with Crippen molar-refractivity contribution in [2.75, 3.05) is 27.3 Å². The maximum atomic E-state index is 13.3. The summed E-state index contributed by atoms with van der Waals surface area (Å²) in [6.45, 7) is 3.67. The van der Waals surface area contributed by atoms with Gasteiger partial charge in [0.1, 0.15) is 5.69 Å². The van der Waals surface area contributed by atoms with Gasteiger partial charge >= 0.3 is 0 Å². The quantitative estimate of drug-likeness (QED) is 0.811. The van der Waals surface area contributed by atoms with E-state index in [1.165, 1.54) is 0 Å². The standard InChI is InChI=1S/C18H28N4O3/c1-4-22-15(10-14(20-22)13-6-7-13)17(24)21-9-5-8-18(21,12-25-3)11-16(23)19-2/h10,13H,4-9,11-12H2,1-3H3,(H,19,23)/t18-/m1/s1. The largest absolute Gasteiger partial charge is 0.382 e. The van der Waals surface area contributed by atoms with Crippen molar-refractivity contribution >= 4 is 11.8 Å². The summed E-state index contributed by atoms with van der Waals surface area (Å²) in [7, 11) is 3.24. The molecule has 0 unspecified atom stereocenters. The van der Waals surface area contributed by atoms with Crippen LogP contribution < -0.4 is 5.32 Å². The minimum absolute atomic E-state index is 0.0419. The topological polar surface area (TPSA) is 76.5 Å². The van der Waals surface area contributed by atoms with Gasteiger partial charge in [0, 0.05) is 33.2 Å². The maximum absolute atomic E-state index is 13.3. The third-order valence-corrected chi connectivity index (χ3v) is 5.34. The van der Waals surface area contributed by atoms with Crippen molar-refractivity contribution in [2.45, 2.75) is 57.0 Å². The molecule has 0 aromatic carbocycles. The minimum atomic E-state index is -0.575. The van der Waals surface area contributed by atoms with Crippen LogP contribution in [0.25, 0.3) is 0 Å². The number of hydrogen-bond donors (Lipinski definition) is 1. The number of aryl methyl sites for hydroxylation is 1. The van der Waals surface area contributed by atoms with Crippen LogP contribution in [0.3, 0.4) is 0 Å². The normalized spacial score (nSPS) is 23.1. The number of nitrogens with one attached hydrogen (secondary N) is 1. The third kappa shape index (κ3) is 3.42. The molecular formula is C18H28N4O3. The number of amides is 2. The zero-order valence-corrected chi connectivity index (χ0v) is 15.4. The molecule has 1 aromatic heterocycles. The summed E-state index contributed by atoms with van der Waals surface area (Å²) >= 11 is 0. The lowest BCUT2D eigenvalue weighted by Gasteiger charge is -2.37. The van der Waals surface area contributed by atoms with Crippen molar-refractivity contribution < 1.29 is 14.3 Å². The fraction of sp³-hybridized carbons (Fsp3) is 0.722. The Morgan fingerprint density at radius 3 is 2.80 bits per heavy atom. The van der Waals surface area contributed by atoms with Crippen molar-refractivity contribution in [2.24, 2.45) is 0 Å². The fourth-order valence-corrected chi connectivity index (χ4v) is 3.86. The van der Waals surface area contributed by atoms with Crippen molar-refractivity contribution in [3.05, 3.63) is 17.5 Å². The van der Waals surface area contributed by atoms with Crippen LogP contribution in [0.1, 0.15) is 61.1 Å². The first-order valence-corrected chi connectivity index (χ1v) is 9.14. The minimum Gasteiger partial charge on any atom is -0.382 e. The number of carbonyl (C=O) groups excluding carboxylic acids is 2. The molecule has 0 bridgehead atoms. The van der Waals surface area contributed by atoms with E-state index in [9.17, 15) is 9.59 Å². The molecular weight excluding hydrogens is 320 g/mol. The molecule has 1 saturated heterocycles. The van der Waals surface area contributed by atoms with Crippen molar-refractivity contribution in [1.82, 2.24) is 20.0 Å². The zero-order chi connectivity index (χ0) is 18.0. The van der Waals surface area contributed by atoms with Crippen LogP contribution in [-0.4, -0.2) is 59.3 Å². The first kappa shape index (κ1) is 17.9. The molecule has 2 fully saturated rings. The first-order chi connectivity index (χ1) is 12.0. The molecule has 0 spiro atoms. The molecule has 7 nitrogen and oxygen atoms in total. The van der Waals surface area contributed by atoms with Gasteiger partial charge in [-0.15, -0.1) is 0 Å². The summed E-state index contributed by atoms with van der Waals surface area (Å²) in [6.07, 6.45) is 4.22. The van der Waals surface area contributed by atoms with Crippen molar-refractivity contribution in [3.63, 3.8) is 0 Å². The SMILES string of the molecule is CCn1nc(C2CC2)cc1C(=O)N1CCC[C@]1(COC)CC(=O)NC. The van der Waals surface area contributed by atoms with E-state index in [1.54, 1.807) is 18.8 Å². The van der Waals surface area contributed by atoms with Crippen molar-refractivity contribution in [3.8, 4) is 0 Å². The number of rotatable bonds is 7. The Morgan fingerprint density at radius 1 is 1.44 bits per heavy atom. The molecule has 1 N–H and O–H groups in total. The van der Waals surface area contributed by atoms with Gasteiger partial charge in [0.25, 0.3) is 5.91 Å². The van der Waals surface area contributed by atoms with E-state index in [0.717, 1.165) is 31.4 Å². The van der Waals surface area contributed by atoms with Gasteiger partial charge in [0.05, 0.1) is 24.3 Å². The number of ether oxygens (including phenoxy) is 1. The number of hydrogen-bond acceptors (Lipinski definition) is 4. The van der Waals surface area contributed by atoms with E-state index in [2.05, 4.69) is 10.4 Å². The van der Waals surface area contributed by atoms with Crippen LogP contribution in [0.15, 0.2) is 6.07 Å². The lowest BCUT2D eigenvalue weighted by atomic mass is 9.92. The van der Waals surface area contributed by atoms with E-state index >= 15 is 0 Å². The molecule has 2 aliphatic rings. The van der Waals surface area contributed by atoms with Gasteiger partial charge in [0.15, 0.2) is 0 Å². The lowest BCUT2D eigenvalue weighted by molar-refractivity contribution is -0.123. The van der Waals surface area contributed by atoms with Crippen LogP contribution in [-0.2, 0) is 16.1 Å². The summed E-state index contributed by atoms with van der Waals surface area (Å²) in [5.74, 6) is 0.395. The highest BCUT2D eigenvalue weighted by molar-refractivity contribution is 5.94. The van der Waals surface area contributed by atoms with E-state index in [4.69, 9.17) is 4.74 Å². The molecule has 0 radical (unpaired) electrons. The summed E-state index contributed by atoms with van der Waals surface area (Å²) in [4.78, 5) is 27.2. The third-order valence-electron chi connectivity index (χ3n) is 5.34. The highest BCUT2D eigenvalue weighted by atomic mass is 16.5. The Labute approximate surface area is 148 Å². The summed E-state index contributed by atoms with van der Waals surface area (Å²) in [5.41, 5.74) is 1.07. The Hall–Kier alpha value is -1.89. The number of methoxy groups -OCH3 is 1. The molecule has 1 aliphatic carbocycles. The number of likely N-dealkylation sites (tertiary alicyclic amines) is 1. The average Bonchev–Trinajstić information content (AvgIpc) is 3.24. The average molecular weight is 348 g/mol. The van der Waals surface area contributed by atoms with Gasteiger partial charge in [-0.05, 0) is 38.7 Å². The Balaban J connectivity index is 1.89. The molecule has 2 amide bonds. The molecule has 138 valence electrons. The van der Waals surface area contributed by atoms with Crippen LogP contribution >= 0.6 is 0 Å². The van der Waals surface area contributed by atoms with Gasteiger partial charge in [-0.2, -0.15) is 5.10 Å². The molecule has 1 aromatic rings. The zero-order valence-electron chi connectivity index (χ0n) is 15.4. The number of nitrogens with zero attached hydrogens (tertiary/aromatic N) is 3. The number of carbonyl (C=O) groups is 2. The van der Waals surface area contributed by atoms with Gasteiger partial charge in [-0.25, -0.2) is 0 Å². The summed E-state index contributed by atoms with van der Waals surface area (Å²) in [6, 6.07) is 1.94. The van der Waals surface area contributed by atoms with Crippen LogP contribution in [0, 0.1) is 0 Å². The van der Waals surface area contributed by atoms with E-state index in [1.807, 2.05) is 17.9 Å². The van der Waals surface area contributed by atoms with Gasteiger partial charge in [-0.3, -0.25) is 14.3 Å². The Morgan fingerprint density at radius 2 is 2.20 bits per heavy atom. The predicted molar refractivity (Wildman–Crippen MR) is 93.4 cm³/mol. The van der Waals surface area contributed by atoms with Gasteiger partial charge in [-0.1, -0.05) is 0 Å². The first-order valence-electron chi connectivity index (χ1n) is 9.14. The fourth-order valence-electron chi connectivity index (χ4n) is 3.86. The number of aromatic nitrogens is 2. The summed E-state index contributed by atoms with van der Waals surface area (Å²) < 4.78 is 7.20. The molecule has 25 heavy (non-hydrogen) atoms. The molecule has 7 heteroatoms. The van der Waals surface area contributed by atoms with Gasteiger partial charge in [0.2, 0.25) is 5.91 Å².